The van der Waals surface area contributed by atoms with Crippen molar-refractivity contribution >= 4 is 47.0 Å². The molecule has 340 valence electrons. The van der Waals surface area contributed by atoms with Crippen molar-refractivity contribution in [3.8, 4) is 0 Å². The first kappa shape index (κ1) is 45.7. The highest BCUT2D eigenvalue weighted by molar-refractivity contribution is 6.33. The second-order valence-corrected chi connectivity index (χ2v) is 17.2. The molecule has 15 nitrogen and oxygen atoms in total. The first-order valence-electron chi connectivity index (χ1n) is 21.8. The third-order valence-corrected chi connectivity index (χ3v) is 13.1. The summed E-state index contributed by atoms with van der Waals surface area (Å²) in [6, 6.07) is 9.73. The number of piperidine rings is 2. The molecule has 62 heavy (non-hydrogen) atoms. The van der Waals surface area contributed by atoms with Crippen molar-refractivity contribution in [2.75, 3.05) is 116 Å². The van der Waals surface area contributed by atoms with E-state index in [9.17, 15) is 32.3 Å². The van der Waals surface area contributed by atoms with Crippen LogP contribution in [0.2, 0.25) is 5.02 Å². The number of nitrogens with one attached hydrogen (secondary N) is 1. The number of piperazine rings is 1. The maximum Gasteiger partial charge on any atom is 0.418 e. The van der Waals surface area contributed by atoms with Crippen LogP contribution < -0.4 is 11.1 Å². The van der Waals surface area contributed by atoms with E-state index < -0.39 is 35.5 Å². The second kappa shape index (κ2) is 20.9. The SMILES string of the molecule is Nc1c(Cl)cc(CC(OC(=O)N2CCC(N3CCc4ccccc4NC3=O)CC2)C(=O)N2CCN(C3CCN(CC(=O)OCCCN4CCOCC4)CC3)CC2)cc1C(F)(F)F. The summed E-state index contributed by atoms with van der Waals surface area (Å²) >= 11 is 6.16. The molecule has 5 aliphatic heterocycles. The molecule has 0 aliphatic carbocycles. The summed E-state index contributed by atoms with van der Waals surface area (Å²) in [7, 11) is 0. The number of rotatable bonds is 12. The van der Waals surface area contributed by atoms with Gasteiger partial charge >= 0.3 is 24.3 Å². The summed E-state index contributed by atoms with van der Waals surface area (Å²) in [5.41, 5.74) is 5.83. The number of anilines is 2. The standard InChI is InChI=1S/C43H58ClF3N8O7/c44-35-27-30(26-34(39(35)48)43(45,46)47)28-37(62-42(59)54-14-9-33(10-15-54)55-16-6-31-4-1-2-5-36(31)49-41(55)58)40(57)53-19-17-52(18-20-53)32-7-12-51(13-8-32)29-38(56)61-23-3-11-50-21-24-60-25-22-50/h1-2,4-5,26-27,32-33,37H,3,6-25,28-29,48H2,(H,49,58). The van der Waals surface area contributed by atoms with E-state index in [1.165, 1.54) is 11.0 Å². The summed E-state index contributed by atoms with van der Waals surface area (Å²) in [6.07, 6.45) is -3.16. The van der Waals surface area contributed by atoms with Crippen molar-refractivity contribution in [1.29, 1.82) is 0 Å². The number of para-hydroxylation sites is 1. The van der Waals surface area contributed by atoms with E-state index in [0.717, 1.165) is 82.5 Å². The van der Waals surface area contributed by atoms with Gasteiger partial charge in [0.2, 0.25) is 0 Å². The molecule has 0 aromatic heterocycles. The number of carbonyl (C=O) groups excluding carboxylic acids is 4. The van der Waals surface area contributed by atoms with Gasteiger partial charge in [-0.25, -0.2) is 9.59 Å². The van der Waals surface area contributed by atoms with Crippen LogP contribution in [-0.4, -0.2) is 176 Å². The van der Waals surface area contributed by atoms with Crippen molar-refractivity contribution in [1.82, 2.24) is 29.4 Å². The van der Waals surface area contributed by atoms with Crippen LogP contribution in [0.15, 0.2) is 36.4 Å². The molecular formula is C43H58ClF3N8O7. The van der Waals surface area contributed by atoms with Gasteiger partial charge in [0, 0.05) is 103 Å². The Bertz CT molecular complexity index is 1880. The Hall–Kier alpha value is -4.36. The predicted octanol–water partition coefficient (Wildman–Crippen LogP) is 4.42. The molecular weight excluding hydrogens is 833 g/mol. The Kier molecular flexibility index (Phi) is 15.4. The van der Waals surface area contributed by atoms with E-state index in [-0.39, 0.29) is 60.7 Å². The number of carbonyl (C=O) groups is 4. The number of fused-ring (bicyclic) bond motifs is 1. The molecule has 4 saturated heterocycles. The predicted molar refractivity (Wildman–Crippen MR) is 226 cm³/mol. The van der Waals surface area contributed by atoms with E-state index >= 15 is 0 Å². The number of esters is 1. The van der Waals surface area contributed by atoms with Crippen molar-refractivity contribution in [2.45, 2.75) is 69.3 Å². The van der Waals surface area contributed by atoms with E-state index in [0.29, 0.717) is 58.6 Å². The lowest BCUT2D eigenvalue weighted by Crippen LogP contribution is -2.57. The molecule has 0 radical (unpaired) electrons. The number of urea groups is 1. The second-order valence-electron chi connectivity index (χ2n) is 16.8. The van der Waals surface area contributed by atoms with Crippen LogP contribution in [0.1, 0.15) is 48.8 Å². The van der Waals surface area contributed by atoms with Crippen LogP contribution >= 0.6 is 11.6 Å². The van der Waals surface area contributed by atoms with Gasteiger partial charge in [0.15, 0.2) is 6.10 Å². The number of nitrogens with two attached hydrogens (primary N) is 1. The monoisotopic (exact) mass is 890 g/mol. The zero-order chi connectivity index (χ0) is 43.8. The van der Waals surface area contributed by atoms with Gasteiger partial charge in [0.1, 0.15) is 0 Å². The number of ether oxygens (including phenoxy) is 3. The smallest absolute Gasteiger partial charge is 0.418 e. The topological polar surface area (TPSA) is 153 Å². The molecule has 0 bridgehead atoms. The molecule has 7 rings (SSSR count). The van der Waals surface area contributed by atoms with Crippen LogP contribution in [0.25, 0.3) is 0 Å². The van der Waals surface area contributed by atoms with Crippen molar-refractivity contribution < 1.29 is 46.6 Å². The minimum Gasteiger partial charge on any atom is -0.465 e. The molecule has 4 fully saturated rings. The maximum absolute atomic E-state index is 14.2. The average Bonchev–Trinajstić information content (AvgIpc) is 3.44. The lowest BCUT2D eigenvalue weighted by atomic mass is 10.0. The molecule has 0 spiro atoms. The van der Waals surface area contributed by atoms with Gasteiger partial charge in [-0.2, -0.15) is 13.2 Å². The zero-order valence-electron chi connectivity index (χ0n) is 35.1. The quantitative estimate of drug-likeness (QED) is 0.177. The van der Waals surface area contributed by atoms with Gasteiger partial charge in [0.05, 0.1) is 42.6 Å². The van der Waals surface area contributed by atoms with Crippen LogP contribution in [-0.2, 0) is 42.8 Å². The minimum absolute atomic E-state index is 0.0526. The van der Waals surface area contributed by atoms with Crippen LogP contribution in [0.3, 0.4) is 0 Å². The molecule has 5 aliphatic rings. The Morgan fingerprint density at radius 2 is 1.56 bits per heavy atom. The van der Waals surface area contributed by atoms with E-state index in [1.807, 2.05) is 24.3 Å². The van der Waals surface area contributed by atoms with E-state index in [2.05, 4.69) is 20.0 Å². The number of halogens is 4. The molecule has 1 unspecified atom stereocenters. The number of hydrogen-bond donors (Lipinski definition) is 2. The highest BCUT2D eigenvalue weighted by Gasteiger charge is 2.38. The number of benzene rings is 2. The highest BCUT2D eigenvalue weighted by atomic mass is 35.5. The normalized spacial score (nSPS) is 20.9. The van der Waals surface area contributed by atoms with Crippen molar-refractivity contribution in [2.24, 2.45) is 0 Å². The van der Waals surface area contributed by atoms with E-state index in [4.69, 9.17) is 31.5 Å². The lowest BCUT2D eigenvalue weighted by molar-refractivity contribution is -0.145. The fourth-order valence-electron chi connectivity index (χ4n) is 9.20. The first-order valence-corrected chi connectivity index (χ1v) is 22.2. The molecule has 4 amide bonds. The number of nitrogens with zero attached hydrogens (tertiary/aromatic N) is 6. The minimum atomic E-state index is -4.80. The van der Waals surface area contributed by atoms with Crippen LogP contribution in [0.4, 0.5) is 34.1 Å². The number of morpholine rings is 1. The van der Waals surface area contributed by atoms with Gasteiger partial charge in [-0.3, -0.25) is 24.3 Å². The Morgan fingerprint density at radius 1 is 0.871 bits per heavy atom. The third-order valence-electron chi connectivity index (χ3n) is 12.8. The van der Waals surface area contributed by atoms with Crippen molar-refractivity contribution in [3.63, 3.8) is 0 Å². The largest absolute Gasteiger partial charge is 0.465 e. The Labute approximate surface area is 365 Å². The molecule has 3 N–H and O–H groups in total. The molecule has 2 aromatic carbocycles. The highest BCUT2D eigenvalue weighted by Crippen LogP contribution is 2.38. The van der Waals surface area contributed by atoms with Gasteiger partial charge < -0.3 is 40.0 Å². The lowest BCUT2D eigenvalue weighted by Gasteiger charge is -2.43. The summed E-state index contributed by atoms with van der Waals surface area (Å²) in [4.78, 5) is 65.3. The fourth-order valence-corrected chi connectivity index (χ4v) is 9.44. The van der Waals surface area contributed by atoms with Crippen LogP contribution in [0.5, 0.6) is 0 Å². The average molecular weight is 891 g/mol. The van der Waals surface area contributed by atoms with E-state index in [1.54, 1.807) is 9.80 Å². The van der Waals surface area contributed by atoms with Crippen molar-refractivity contribution in [3.05, 3.63) is 58.1 Å². The summed E-state index contributed by atoms with van der Waals surface area (Å²) < 4.78 is 58.6. The number of hydrogen-bond acceptors (Lipinski definition) is 11. The van der Waals surface area contributed by atoms with Crippen LogP contribution in [0, 0.1) is 0 Å². The molecule has 5 heterocycles. The van der Waals surface area contributed by atoms with Gasteiger partial charge in [-0.1, -0.05) is 29.8 Å². The first-order chi connectivity index (χ1) is 29.8. The number of alkyl halides is 3. The number of amides is 4. The maximum atomic E-state index is 14.2. The van der Waals surface area contributed by atoms with Gasteiger partial charge in [-0.15, -0.1) is 0 Å². The molecule has 0 saturated carbocycles. The van der Waals surface area contributed by atoms with Gasteiger partial charge in [-0.05, 0) is 67.9 Å². The fraction of sp³-hybridized carbons (Fsp3) is 0.628. The Morgan fingerprint density at radius 3 is 2.27 bits per heavy atom. The molecule has 19 heteroatoms. The van der Waals surface area contributed by atoms with Gasteiger partial charge in [0.25, 0.3) is 5.91 Å². The number of likely N-dealkylation sites (tertiary alicyclic amines) is 2. The molecule has 2 aromatic rings. The summed E-state index contributed by atoms with van der Waals surface area (Å²) in [5.74, 6) is -0.727. The third kappa shape index (κ3) is 11.8. The zero-order valence-corrected chi connectivity index (χ0v) is 35.8. The summed E-state index contributed by atoms with van der Waals surface area (Å²) in [5, 5.41) is 2.68. The Balaban J connectivity index is 0.913. The molecule has 1 atom stereocenters. The summed E-state index contributed by atoms with van der Waals surface area (Å²) in [6.45, 7) is 9.16. The number of nitrogen functional groups attached to an aromatic ring is 1.